The summed E-state index contributed by atoms with van der Waals surface area (Å²) in [5, 5.41) is 22.4. The highest BCUT2D eigenvalue weighted by Gasteiger charge is 2.10. The van der Waals surface area contributed by atoms with Crippen LogP contribution in [0.3, 0.4) is 0 Å². The van der Waals surface area contributed by atoms with E-state index in [0.717, 1.165) is 11.1 Å². The Labute approximate surface area is 125 Å². The zero-order valence-corrected chi connectivity index (χ0v) is 12.1. The molecule has 0 fully saturated rings. The Morgan fingerprint density at radius 3 is 2.52 bits per heavy atom. The zero-order chi connectivity index (χ0) is 15.1. The fraction of sp³-hybridized carbons (Fsp3) is 0.294. The normalized spacial score (nSPS) is 12.1. The molecule has 1 atom stereocenters. The molecule has 0 bridgehead atoms. The van der Waals surface area contributed by atoms with Crippen LogP contribution < -0.4 is 10.1 Å². The van der Waals surface area contributed by atoms with Gasteiger partial charge in [0.25, 0.3) is 0 Å². The molecule has 0 saturated heterocycles. The second-order valence-electron chi connectivity index (χ2n) is 4.86. The van der Waals surface area contributed by atoms with Gasteiger partial charge in [-0.1, -0.05) is 36.4 Å². The average molecular weight is 287 g/mol. The highest BCUT2D eigenvalue weighted by atomic mass is 16.5. The summed E-state index contributed by atoms with van der Waals surface area (Å²) in [5.41, 5.74) is 2.11. The summed E-state index contributed by atoms with van der Waals surface area (Å²) in [4.78, 5) is 0. The smallest absolute Gasteiger partial charge is 0.160 e. The summed E-state index contributed by atoms with van der Waals surface area (Å²) in [5.74, 6) is 0.601. The van der Waals surface area contributed by atoms with Crippen molar-refractivity contribution in [1.82, 2.24) is 5.32 Å². The third kappa shape index (κ3) is 4.21. The van der Waals surface area contributed by atoms with Gasteiger partial charge in [-0.15, -0.1) is 0 Å². The molecule has 0 amide bonds. The van der Waals surface area contributed by atoms with Crippen LogP contribution in [0.2, 0.25) is 0 Å². The van der Waals surface area contributed by atoms with E-state index in [1.807, 2.05) is 36.4 Å². The highest BCUT2D eigenvalue weighted by molar-refractivity contribution is 5.41. The molecular formula is C17H21NO3. The van der Waals surface area contributed by atoms with E-state index < -0.39 is 0 Å². The van der Waals surface area contributed by atoms with Crippen LogP contribution in [0.15, 0.2) is 48.5 Å². The summed E-state index contributed by atoms with van der Waals surface area (Å²) in [6.45, 7) is 0.734. The first-order chi connectivity index (χ1) is 10.2. The fourth-order valence-corrected chi connectivity index (χ4v) is 2.29. The van der Waals surface area contributed by atoms with E-state index in [1.54, 1.807) is 12.1 Å². The quantitative estimate of drug-likeness (QED) is 0.732. The minimum atomic E-state index is 0.0837. The molecule has 0 heterocycles. The van der Waals surface area contributed by atoms with E-state index >= 15 is 0 Å². The van der Waals surface area contributed by atoms with Gasteiger partial charge in [0.05, 0.1) is 7.11 Å². The Bertz CT molecular complexity index is 557. The van der Waals surface area contributed by atoms with E-state index in [2.05, 4.69) is 5.32 Å². The monoisotopic (exact) mass is 287 g/mol. The van der Waals surface area contributed by atoms with E-state index in [9.17, 15) is 10.2 Å². The maximum absolute atomic E-state index is 9.78. The van der Waals surface area contributed by atoms with Crippen LogP contribution in [0.5, 0.6) is 11.5 Å². The van der Waals surface area contributed by atoms with Gasteiger partial charge in [0, 0.05) is 19.2 Å². The Hall–Kier alpha value is -2.04. The number of phenols is 1. The first-order valence-corrected chi connectivity index (χ1v) is 6.99. The van der Waals surface area contributed by atoms with Crippen LogP contribution in [-0.2, 0) is 6.54 Å². The summed E-state index contributed by atoms with van der Waals surface area (Å²) >= 11 is 0. The van der Waals surface area contributed by atoms with E-state index in [-0.39, 0.29) is 18.4 Å². The maximum Gasteiger partial charge on any atom is 0.160 e. The molecule has 0 aliphatic rings. The van der Waals surface area contributed by atoms with Crippen LogP contribution in [0.1, 0.15) is 23.6 Å². The topological polar surface area (TPSA) is 61.7 Å². The molecule has 0 radical (unpaired) electrons. The molecule has 0 unspecified atom stereocenters. The summed E-state index contributed by atoms with van der Waals surface area (Å²) in [6.07, 6.45) is 0.645. The molecule has 2 rings (SSSR count). The molecule has 0 saturated carbocycles. The maximum atomic E-state index is 9.78. The molecule has 2 aromatic carbocycles. The summed E-state index contributed by atoms with van der Waals surface area (Å²) in [6, 6.07) is 15.5. The molecule has 3 N–H and O–H groups in total. The van der Waals surface area contributed by atoms with Crippen molar-refractivity contribution in [3.63, 3.8) is 0 Å². The van der Waals surface area contributed by atoms with Crippen molar-refractivity contribution in [2.24, 2.45) is 0 Å². The lowest BCUT2D eigenvalue weighted by Crippen LogP contribution is -2.22. The van der Waals surface area contributed by atoms with Gasteiger partial charge in [-0.05, 0) is 29.7 Å². The third-order valence-corrected chi connectivity index (χ3v) is 3.42. The van der Waals surface area contributed by atoms with Crippen LogP contribution in [-0.4, -0.2) is 23.9 Å². The Balaban J connectivity index is 2.03. The number of hydrogen-bond donors (Lipinski definition) is 3. The predicted octanol–water partition coefficient (Wildman–Crippen LogP) is 2.61. The fourth-order valence-electron chi connectivity index (χ4n) is 2.29. The number of nitrogens with one attached hydrogen (secondary N) is 1. The minimum absolute atomic E-state index is 0.0837. The Morgan fingerprint density at radius 1 is 1.14 bits per heavy atom. The SMILES string of the molecule is COc1ccc(CN[C@H](CCO)c2ccccc2)cc1O. The molecule has 4 heteroatoms. The molecule has 2 aromatic rings. The van der Waals surface area contributed by atoms with Gasteiger partial charge in [0.1, 0.15) is 0 Å². The largest absolute Gasteiger partial charge is 0.504 e. The predicted molar refractivity (Wildman–Crippen MR) is 82.4 cm³/mol. The second kappa shape index (κ2) is 7.67. The van der Waals surface area contributed by atoms with Gasteiger partial charge in [-0.2, -0.15) is 0 Å². The first kappa shape index (κ1) is 15.4. The number of aliphatic hydroxyl groups excluding tert-OH is 1. The second-order valence-corrected chi connectivity index (χ2v) is 4.86. The van der Waals surface area contributed by atoms with Crippen molar-refractivity contribution in [2.45, 2.75) is 19.0 Å². The number of aliphatic hydroxyl groups is 1. The van der Waals surface area contributed by atoms with Gasteiger partial charge in [-0.25, -0.2) is 0 Å². The zero-order valence-electron chi connectivity index (χ0n) is 12.1. The standard InChI is InChI=1S/C17H21NO3/c1-21-17-8-7-13(11-16(17)20)12-18-15(9-10-19)14-5-3-2-4-6-14/h2-8,11,15,18-20H,9-10,12H2,1H3/t15-/m1/s1. The molecule has 21 heavy (non-hydrogen) atoms. The van der Waals surface area contributed by atoms with Gasteiger partial charge in [-0.3, -0.25) is 0 Å². The number of hydrogen-bond acceptors (Lipinski definition) is 4. The van der Waals surface area contributed by atoms with Gasteiger partial charge in [0.2, 0.25) is 0 Å². The lowest BCUT2D eigenvalue weighted by molar-refractivity contribution is 0.265. The van der Waals surface area contributed by atoms with E-state index in [1.165, 1.54) is 7.11 Å². The third-order valence-electron chi connectivity index (χ3n) is 3.42. The number of rotatable bonds is 7. The Morgan fingerprint density at radius 2 is 1.90 bits per heavy atom. The molecular weight excluding hydrogens is 266 g/mol. The number of benzene rings is 2. The van der Waals surface area contributed by atoms with E-state index in [0.29, 0.717) is 18.7 Å². The van der Waals surface area contributed by atoms with Crippen molar-refractivity contribution in [1.29, 1.82) is 0 Å². The van der Waals surface area contributed by atoms with Gasteiger partial charge < -0.3 is 20.3 Å². The molecule has 0 spiro atoms. The number of phenolic OH excluding ortho intramolecular Hbond substituents is 1. The van der Waals surface area contributed by atoms with Crippen LogP contribution >= 0.6 is 0 Å². The summed E-state index contributed by atoms with van der Waals surface area (Å²) in [7, 11) is 1.53. The lowest BCUT2D eigenvalue weighted by atomic mass is 10.0. The van der Waals surface area contributed by atoms with E-state index in [4.69, 9.17) is 4.74 Å². The number of aromatic hydroxyl groups is 1. The minimum Gasteiger partial charge on any atom is -0.504 e. The molecule has 0 aliphatic carbocycles. The Kier molecular flexibility index (Phi) is 5.60. The van der Waals surface area contributed by atoms with Gasteiger partial charge >= 0.3 is 0 Å². The van der Waals surface area contributed by atoms with Crippen LogP contribution in [0.4, 0.5) is 0 Å². The van der Waals surface area contributed by atoms with Crippen LogP contribution in [0.25, 0.3) is 0 Å². The number of ether oxygens (including phenoxy) is 1. The lowest BCUT2D eigenvalue weighted by Gasteiger charge is -2.18. The molecule has 0 aromatic heterocycles. The van der Waals surface area contributed by atoms with Gasteiger partial charge in [0.15, 0.2) is 11.5 Å². The van der Waals surface area contributed by atoms with Crippen molar-refractivity contribution in [3.05, 3.63) is 59.7 Å². The molecule has 4 nitrogen and oxygen atoms in total. The van der Waals surface area contributed by atoms with Crippen molar-refractivity contribution < 1.29 is 14.9 Å². The molecule has 112 valence electrons. The van der Waals surface area contributed by atoms with Crippen molar-refractivity contribution >= 4 is 0 Å². The van der Waals surface area contributed by atoms with Crippen molar-refractivity contribution in [3.8, 4) is 11.5 Å². The molecule has 0 aliphatic heterocycles. The van der Waals surface area contributed by atoms with Crippen molar-refractivity contribution in [2.75, 3.05) is 13.7 Å². The highest BCUT2D eigenvalue weighted by Crippen LogP contribution is 2.26. The summed E-state index contributed by atoms with van der Waals surface area (Å²) < 4.78 is 5.03. The number of methoxy groups -OCH3 is 1. The van der Waals surface area contributed by atoms with Crippen LogP contribution in [0, 0.1) is 0 Å². The first-order valence-electron chi connectivity index (χ1n) is 6.99. The average Bonchev–Trinajstić information content (AvgIpc) is 2.52.